The number of rotatable bonds is 3. The lowest BCUT2D eigenvalue weighted by atomic mass is 10.1. The van der Waals surface area contributed by atoms with Gasteiger partial charge in [-0.3, -0.25) is 4.90 Å². The second kappa shape index (κ2) is 6.05. The van der Waals surface area contributed by atoms with Crippen molar-refractivity contribution >= 4 is 23.4 Å². The van der Waals surface area contributed by atoms with Crippen molar-refractivity contribution in [2.24, 2.45) is 0 Å². The molecule has 1 aliphatic carbocycles. The molecule has 22 heavy (non-hydrogen) atoms. The van der Waals surface area contributed by atoms with Gasteiger partial charge >= 0.3 is 6.09 Å². The summed E-state index contributed by atoms with van der Waals surface area (Å²) >= 11 is 0. The van der Waals surface area contributed by atoms with E-state index < -0.39 is 0 Å². The lowest BCUT2D eigenvalue weighted by molar-refractivity contribution is 0.179. The molecule has 0 unspecified atom stereocenters. The maximum atomic E-state index is 11.9. The van der Waals surface area contributed by atoms with Gasteiger partial charge in [-0.2, -0.15) is 0 Å². The smallest absolute Gasteiger partial charge is 0.413 e. The third-order valence-corrected chi connectivity index (χ3v) is 3.98. The first-order chi connectivity index (χ1) is 10.7. The first kappa shape index (κ1) is 14.4. The molecule has 1 N–H and O–H groups in total. The highest BCUT2D eigenvalue weighted by Gasteiger charge is 2.20. The number of allylic oxidation sites excluding steroid dienone is 1. The van der Waals surface area contributed by atoms with E-state index in [1.807, 2.05) is 19.2 Å². The minimum absolute atomic E-state index is 0.334. The molecule has 0 atom stereocenters. The number of hydrogen-bond donors (Lipinski definition) is 1. The number of benzene rings is 1. The maximum Gasteiger partial charge on any atom is 0.413 e. The molecule has 5 nitrogen and oxygen atoms in total. The summed E-state index contributed by atoms with van der Waals surface area (Å²) in [6, 6.07) is 6.16. The molecule has 0 radical (unpaired) electrons. The van der Waals surface area contributed by atoms with Crippen molar-refractivity contribution in [1.82, 2.24) is 9.97 Å². The van der Waals surface area contributed by atoms with E-state index in [0.29, 0.717) is 6.54 Å². The molecule has 0 saturated carbocycles. The number of nitrogens with one attached hydrogen (secondary N) is 1. The number of nitrogens with zero attached hydrogens (tertiary/aromatic N) is 2. The van der Waals surface area contributed by atoms with Crippen LogP contribution >= 0.6 is 0 Å². The zero-order chi connectivity index (χ0) is 15.5. The van der Waals surface area contributed by atoms with Crippen LogP contribution in [0.25, 0.3) is 11.6 Å². The van der Waals surface area contributed by atoms with E-state index in [-0.39, 0.29) is 6.09 Å². The number of aromatic nitrogens is 2. The molecule has 2 aromatic rings. The number of imidazole rings is 1. The van der Waals surface area contributed by atoms with Crippen molar-refractivity contribution in [1.29, 1.82) is 0 Å². The van der Waals surface area contributed by atoms with Gasteiger partial charge in [0.05, 0.1) is 25.3 Å². The second-order valence-corrected chi connectivity index (χ2v) is 5.23. The highest BCUT2D eigenvalue weighted by Crippen LogP contribution is 2.36. The lowest BCUT2D eigenvalue weighted by Crippen LogP contribution is -2.30. The summed E-state index contributed by atoms with van der Waals surface area (Å²) in [6.07, 6.45) is 7.30. The molecule has 5 heteroatoms. The van der Waals surface area contributed by atoms with E-state index in [0.717, 1.165) is 24.2 Å². The van der Waals surface area contributed by atoms with Crippen LogP contribution < -0.4 is 4.90 Å². The average Bonchev–Trinajstić information content (AvgIpc) is 3.18. The van der Waals surface area contributed by atoms with Crippen LogP contribution in [-0.4, -0.2) is 29.7 Å². The summed E-state index contributed by atoms with van der Waals surface area (Å²) in [4.78, 5) is 20.6. The lowest BCUT2D eigenvalue weighted by Gasteiger charge is -2.20. The number of aryl methyl sites for hydroxylation is 1. The van der Waals surface area contributed by atoms with Crippen LogP contribution in [0.5, 0.6) is 0 Å². The number of hydrogen-bond acceptors (Lipinski definition) is 3. The monoisotopic (exact) mass is 297 g/mol. The highest BCUT2D eigenvalue weighted by atomic mass is 16.5. The molecule has 1 aromatic heterocycles. The largest absolute Gasteiger partial charge is 0.452 e. The third kappa shape index (κ3) is 2.62. The normalized spacial score (nSPS) is 14.9. The van der Waals surface area contributed by atoms with Gasteiger partial charge in [-0.1, -0.05) is 6.07 Å². The Balaban J connectivity index is 1.97. The van der Waals surface area contributed by atoms with Crippen molar-refractivity contribution in [3.05, 3.63) is 47.5 Å². The van der Waals surface area contributed by atoms with Gasteiger partial charge in [0.2, 0.25) is 0 Å². The summed E-state index contributed by atoms with van der Waals surface area (Å²) in [6.45, 7) is 2.51. The van der Waals surface area contributed by atoms with E-state index in [9.17, 15) is 4.79 Å². The molecule has 0 fully saturated rings. The van der Waals surface area contributed by atoms with Crippen LogP contribution in [0.2, 0.25) is 0 Å². The van der Waals surface area contributed by atoms with Crippen molar-refractivity contribution < 1.29 is 9.53 Å². The predicted molar refractivity (Wildman–Crippen MR) is 86.6 cm³/mol. The molecule has 114 valence electrons. The van der Waals surface area contributed by atoms with E-state index in [4.69, 9.17) is 4.74 Å². The number of amides is 1. The molecule has 1 aliphatic rings. The molecule has 3 rings (SSSR count). The minimum Gasteiger partial charge on any atom is -0.452 e. The third-order valence-electron chi connectivity index (χ3n) is 3.98. The van der Waals surface area contributed by atoms with Crippen LogP contribution in [0.15, 0.2) is 30.7 Å². The van der Waals surface area contributed by atoms with E-state index in [2.05, 4.69) is 28.2 Å². The van der Waals surface area contributed by atoms with Gasteiger partial charge in [-0.25, -0.2) is 9.78 Å². The van der Waals surface area contributed by atoms with Crippen LogP contribution in [0.3, 0.4) is 0 Å². The Morgan fingerprint density at radius 2 is 2.32 bits per heavy atom. The Bertz CT molecular complexity index is 705. The highest BCUT2D eigenvalue weighted by molar-refractivity contribution is 5.91. The molecule has 0 aliphatic heterocycles. The molecule has 0 saturated heterocycles. The van der Waals surface area contributed by atoms with Crippen molar-refractivity contribution in [3.8, 4) is 0 Å². The Morgan fingerprint density at radius 3 is 3.00 bits per heavy atom. The summed E-state index contributed by atoms with van der Waals surface area (Å²) in [5.74, 6) is 0. The van der Waals surface area contributed by atoms with Gasteiger partial charge in [-0.15, -0.1) is 0 Å². The first-order valence-corrected chi connectivity index (χ1v) is 7.40. The Morgan fingerprint density at radius 1 is 1.45 bits per heavy atom. The molecule has 0 bridgehead atoms. The zero-order valence-corrected chi connectivity index (χ0v) is 12.8. The topological polar surface area (TPSA) is 58.2 Å². The number of carbonyl (C=O) groups excluding carboxylic acids is 1. The van der Waals surface area contributed by atoms with Gasteiger partial charge in [0.1, 0.15) is 0 Å². The van der Waals surface area contributed by atoms with E-state index in [1.165, 1.54) is 23.8 Å². The average molecular weight is 297 g/mol. The summed E-state index contributed by atoms with van der Waals surface area (Å²) in [5, 5.41) is 0. The molecule has 1 aromatic carbocycles. The number of fused-ring (bicyclic) bond motifs is 1. The van der Waals surface area contributed by atoms with E-state index >= 15 is 0 Å². The molecule has 1 heterocycles. The van der Waals surface area contributed by atoms with Gasteiger partial charge in [0.15, 0.2) is 0 Å². The van der Waals surface area contributed by atoms with E-state index in [1.54, 1.807) is 11.2 Å². The Hall–Kier alpha value is -2.56. The number of anilines is 1. The van der Waals surface area contributed by atoms with Crippen molar-refractivity contribution in [2.45, 2.75) is 19.8 Å². The van der Waals surface area contributed by atoms with Gasteiger partial charge in [-0.05, 0) is 54.7 Å². The standard InChI is InChI=1S/C17H19N3O2/c1-3-20(17(21)22-2)15-7-6-12-4-5-13(16(12)9-15)8-14-10-18-11-19-14/h6-11H,3-5H2,1-2H3,(H,18,19). The van der Waals surface area contributed by atoms with Gasteiger partial charge < -0.3 is 9.72 Å². The molecule has 1 amide bonds. The fraction of sp³-hybridized carbons (Fsp3) is 0.294. The summed E-state index contributed by atoms with van der Waals surface area (Å²) < 4.78 is 4.85. The SMILES string of the molecule is CCN(C(=O)OC)c1ccc2c(c1)C(=Cc1cnc[nH]1)CC2. The van der Waals surface area contributed by atoms with Gasteiger partial charge in [0.25, 0.3) is 0 Å². The fourth-order valence-electron chi connectivity index (χ4n) is 2.86. The van der Waals surface area contributed by atoms with Crippen LogP contribution in [0.1, 0.15) is 30.2 Å². The van der Waals surface area contributed by atoms with Crippen molar-refractivity contribution in [2.75, 3.05) is 18.6 Å². The fourth-order valence-corrected chi connectivity index (χ4v) is 2.86. The second-order valence-electron chi connectivity index (χ2n) is 5.23. The van der Waals surface area contributed by atoms with Crippen LogP contribution in [0, 0.1) is 0 Å². The summed E-state index contributed by atoms with van der Waals surface area (Å²) in [7, 11) is 1.40. The zero-order valence-electron chi connectivity index (χ0n) is 12.8. The van der Waals surface area contributed by atoms with Crippen molar-refractivity contribution in [3.63, 3.8) is 0 Å². The van der Waals surface area contributed by atoms with Crippen LogP contribution in [0.4, 0.5) is 10.5 Å². The van der Waals surface area contributed by atoms with Gasteiger partial charge in [0, 0.05) is 12.2 Å². The molecule has 0 spiro atoms. The number of ether oxygens (including phenoxy) is 1. The van der Waals surface area contributed by atoms with Crippen LogP contribution in [-0.2, 0) is 11.2 Å². The number of H-pyrrole nitrogens is 1. The number of methoxy groups -OCH3 is 1. The number of carbonyl (C=O) groups is 1. The maximum absolute atomic E-state index is 11.9. The first-order valence-electron chi connectivity index (χ1n) is 7.40. The predicted octanol–water partition coefficient (Wildman–Crippen LogP) is 3.49. The molecular weight excluding hydrogens is 278 g/mol. The quantitative estimate of drug-likeness (QED) is 0.943. The Kier molecular flexibility index (Phi) is 3.96. The summed E-state index contributed by atoms with van der Waals surface area (Å²) in [5.41, 5.74) is 5.64. The molecular formula is C17H19N3O2. The Labute approximate surface area is 129 Å². The number of aromatic amines is 1. The minimum atomic E-state index is -0.334.